The minimum absolute atomic E-state index is 0.213. The molecule has 0 fully saturated rings. The van der Waals surface area contributed by atoms with Crippen molar-refractivity contribution in [3.63, 3.8) is 0 Å². The van der Waals surface area contributed by atoms with E-state index in [0.717, 1.165) is 17.1 Å². The largest absolute Gasteiger partial charge is 0.465 e. The molecule has 1 heterocycles. The van der Waals surface area contributed by atoms with Gasteiger partial charge >= 0.3 is 5.97 Å². The highest BCUT2D eigenvalue weighted by molar-refractivity contribution is 6.30. The predicted molar refractivity (Wildman–Crippen MR) is 95.6 cm³/mol. The van der Waals surface area contributed by atoms with E-state index in [0.29, 0.717) is 17.4 Å². The number of allylic oxidation sites excluding steroid dienone is 2. The van der Waals surface area contributed by atoms with E-state index in [1.165, 1.54) is 18.2 Å². The molecule has 24 heavy (non-hydrogen) atoms. The van der Waals surface area contributed by atoms with Crippen LogP contribution in [0.5, 0.6) is 0 Å². The second-order valence-corrected chi connectivity index (χ2v) is 6.76. The van der Waals surface area contributed by atoms with Gasteiger partial charge in [0, 0.05) is 16.6 Å². The second-order valence-electron chi connectivity index (χ2n) is 6.32. The number of methoxy groups -OCH3 is 1. The minimum atomic E-state index is -0.307. The van der Waals surface area contributed by atoms with Gasteiger partial charge in [-0.2, -0.15) is 0 Å². The topological polar surface area (TPSA) is 38.3 Å². The summed E-state index contributed by atoms with van der Waals surface area (Å²) in [6.45, 7) is 0. The SMILES string of the molecule is COC(=O)c1ccc([C@@H]2Nc3ccc(Cl)cc3[C@H]3C=CC[C@H]32)cc1. The van der Waals surface area contributed by atoms with Gasteiger partial charge in [0.05, 0.1) is 18.7 Å². The molecular weight excluding hydrogens is 322 g/mol. The number of benzene rings is 2. The van der Waals surface area contributed by atoms with Gasteiger partial charge in [0.2, 0.25) is 0 Å². The molecule has 0 saturated carbocycles. The molecule has 1 aliphatic carbocycles. The quantitative estimate of drug-likeness (QED) is 0.621. The van der Waals surface area contributed by atoms with E-state index < -0.39 is 0 Å². The van der Waals surface area contributed by atoms with Crippen LogP contribution in [0.25, 0.3) is 0 Å². The molecule has 0 radical (unpaired) electrons. The number of esters is 1. The fraction of sp³-hybridized carbons (Fsp3) is 0.250. The van der Waals surface area contributed by atoms with Gasteiger partial charge in [-0.15, -0.1) is 0 Å². The van der Waals surface area contributed by atoms with Crippen molar-refractivity contribution >= 4 is 23.3 Å². The molecule has 0 unspecified atom stereocenters. The summed E-state index contributed by atoms with van der Waals surface area (Å²) in [4.78, 5) is 11.6. The Labute approximate surface area is 146 Å². The third-order valence-corrected chi connectivity index (χ3v) is 5.25. The molecule has 2 aliphatic rings. The Hall–Kier alpha value is -2.26. The highest BCUT2D eigenvalue weighted by Gasteiger charge is 2.37. The first-order chi connectivity index (χ1) is 11.7. The number of hydrogen-bond acceptors (Lipinski definition) is 3. The third kappa shape index (κ3) is 2.49. The van der Waals surface area contributed by atoms with Crippen LogP contribution >= 0.6 is 11.6 Å². The number of fused-ring (bicyclic) bond motifs is 3. The smallest absolute Gasteiger partial charge is 0.337 e. The summed E-state index contributed by atoms with van der Waals surface area (Å²) in [5, 5.41) is 4.43. The molecule has 0 spiro atoms. The summed E-state index contributed by atoms with van der Waals surface area (Å²) in [5.41, 5.74) is 4.16. The highest BCUT2D eigenvalue weighted by atomic mass is 35.5. The third-order valence-electron chi connectivity index (χ3n) is 5.02. The van der Waals surface area contributed by atoms with Gasteiger partial charge < -0.3 is 10.1 Å². The number of nitrogens with one attached hydrogen (secondary N) is 1. The highest BCUT2D eigenvalue weighted by Crippen LogP contribution is 2.50. The summed E-state index contributed by atoms with van der Waals surface area (Å²) < 4.78 is 4.77. The number of ether oxygens (including phenoxy) is 1. The molecule has 0 bridgehead atoms. The standard InChI is InChI=1S/C20H18ClNO2/c1-24-20(23)13-7-5-12(6-8-13)19-16-4-2-3-15(16)17-11-14(21)9-10-18(17)22-19/h2-3,5-11,15-16,19,22H,4H2,1H3/t15-,16+,19-/m0/s1. The van der Waals surface area contributed by atoms with Gasteiger partial charge in [0.1, 0.15) is 0 Å². The maximum atomic E-state index is 11.6. The van der Waals surface area contributed by atoms with Crippen molar-refractivity contribution in [2.45, 2.75) is 18.4 Å². The number of anilines is 1. The first-order valence-corrected chi connectivity index (χ1v) is 8.46. The minimum Gasteiger partial charge on any atom is -0.465 e. The summed E-state index contributed by atoms with van der Waals surface area (Å²) in [6, 6.07) is 13.9. The number of carbonyl (C=O) groups excluding carboxylic acids is 1. The lowest BCUT2D eigenvalue weighted by atomic mass is 9.77. The van der Waals surface area contributed by atoms with E-state index in [1.54, 1.807) is 0 Å². The van der Waals surface area contributed by atoms with Crippen molar-refractivity contribution in [2.24, 2.45) is 5.92 Å². The number of halogens is 1. The number of carbonyl (C=O) groups is 1. The predicted octanol–water partition coefficient (Wildman–Crippen LogP) is 4.95. The van der Waals surface area contributed by atoms with Gasteiger partial charge in [-0.25, -0.2) is 4.79 Å². The molecule has 4 rings (SSSR count). The molecule has 0 aromatic heterocycles. The van der Waals surface area contributed by atoms with Crippen LogP contribution in [0.15, 0.2) is 54.6 Å². The second kappa shape index (κ2) is 5.99. The van der Waals surface area contributed by atoms with Crippen molar-refractivity contribution in [3.8, 4) is 0 Å². The normalized spacial score (nSPS) is 24.0. The monoisotopic (exact) mass is 339 g/mol. The molecule has 122 valence electrons. The van der Waals surface area contributed by atoms with Crippen molar-refractivity contribution in [3.05, 3.63) is 76.3 Å². The van der Waals surface area contributed by atoms with Crippen LogP contribution in [0.4, 0.5) is 5.69 Å². The fourth-order valence-corrected chi connectivity index (χ4v) is 4.02. The molecular formula is C20H18ClNO2. The molecule has 3 atom stereocenters. The van der Waals surface area contributed by atoms with Crippen LogP contribution in [-0.2, 0) is 4.74 Å². The van der Waals surface area contributed by atoms with Crippen LogP contribution in [0.3, 0.4) is 0 Å². The Bertz CT molecular complexity index is 813. The zero-order chi connectivity index (χ0) is 16.7. The molecule has 4 heteroatoms. The number of hydrogen-bond donors (Lipinski definition) is 1. The molecule has 3 nitrogen and oxygen atoms in total. The lowest BCUT2D eigenvalue weighted by molar-refractivity contribution is 0.0600. The average molecular weight is 340 g/mol. The Kier molecular flexibility index (Phi) is 3.81. The fourth-order valence-electron chi connectivity index (χ4n) is 3.84. The van der Waals surface area contributed by atoms with Crippen molar-refractivity contribution in [1.29, 1.82) is 0 Å². The van der Waals surface area contributed by atoms with Gasteiger partial charge in [0.15, 0.2) is 0 Å². The van der Waals surface area contributed by atoms with Crippen molar-refractivity contribution < 1.29 is 9.53 Å². The van der Waals surface area contributed by atoms with Crippen molar-refractivity contribution in [2.75, 3.05) is 12.4 Å². The van der Waals surface area contributed by atoms with Gasteiger partial charge in [-0.1, -0.05) is 35.9 Å². The van der Waals surface area contributed by atoms with Crippen LogP contribution < -0.4 is 5.32 Å². The molecule has 2 aromatic carbocycles. The molecule has 1 aliphatic heterocycles. The Balaban J connectivity index is 1.69. The maximum Gasteiger partial charge on any atom is 0.337 e. The molecule has 2 aromatic rings. The first-order valence-electron chi connectivity index (χ1n) is 8.08. The van der Waals surface area contributed by atoms with E-state index in [2.05, 4.69) is 29.6 Å². The Morgan fingerprint density at radius 3 is 2.75 bits per heavy atom. The molecule has 0 saturated heterocycles. The van der Waals surface area contributed by atoms with E-state index in [4.69, 9.17) is 16.3 Å². The van der Waals surface area contributed by atoms with E-state index in [-0.39, 0.29) is 12.0 Å². The zero-order valence-electron chi connectivity index (χ0n) is 13.3. The van der Waals surface area contributed by atoms with E-state index >= 15 is 0 Å². The van der Waals surface area contributed by atoms with Gasteiger partial charge in [0.25, 0.3) is 0 Å². The summed E-state index contributed by atoms with van der Waals surface area (Å²) in [6.07, 6.45) is 5.58. The molecule has 0 amide bonds. The van der Waals surface area contributed by atoms with Crippen molar-refractivity contribution in [1.82, 2.24) is 0 Å². The summed E-state index contributed by atoms with van der Waals surface area (Å²) in [7, 11) is 1.40. The zero-order valence-corrected chi connectivity index (χ0v) is 14.1. The Morgan fingerprint density at radius 2 is 2.00 bits per heavy atom. The van der Waals surface area contributed by atoms with Gasteiger partial charge in [-0.3, -0.25) is 0 Å². The average Bonchev–Trinajstić information content (AvgIpc) is 3.11. The summed E-state index contributed by atoms with van der Waals surface area (Å²) in [5.74, 6) is 0.531. The molecule has 1 N–H and O–H groups in total. The van der Waals surface area contributed by atoms with E-state index in [1.807, 2.05) is 30.3 Å². The lowest BCUT2D eigenvalue weighted by Crippen LogP contribution is -2.29. The van der Waals surface area contributed by atoms with Gasteiger partial charge in [-0.05, 0) is 53.8 Å². The summed E-state index contributed by atoms with van der Waals surface area (Å²) >= 11 is 6.19. The maximum absolute atomic E-state index is 11.6. The van der Waals surface area contributed by atoms with E-state index in [9.17, 15) is 4.79 Å². The lowest BCUT2D eigenvalue weighted by Gasteiger charge is -2.37. The van der Waals surface area contributed by atoms with Crippen LogP contribution in [-0.4, -0.2) is 13.1 Å². The van der Waals surface area contributed by atoms with Crippen LogP contribution in [0, 0.1) is 5.92 Å². The number of rotatable bonds is 2. The first kappa shape index (κ1) is 15.3. The van der Waals surface area contributed by atoms with Crippen LogP contribution in [0.1, 0.15) is 39.9 Å². The van der Waals surface area contributed by atoms with Crippen LogP contribution in [0.2, 0.25) is 5.02 Å². The Morgan fingerprint density at radius 1 is 1.21 bits per heavy atom.